The van der Waals surface area contributed by atoms with Gasteiger partial charge in [0.15, 0.2) is 0 Å². The van der Waals surface area contributed by atoms with Crippen molar-refractivity contribution in [3.8, 4) is 5.75 Å². The van der Waals surface area contributed by atoms with Crippen molar-refractivity contribution in [1.82, 2.24) is 19.5 Å². The van der Waals surface area contributed by atoms with E-state index >= 15 is 0 Å². The predicted molar refractivity (Wildman–Crippen MR) is 91.7 cm³/mol. The molecule has 1 N–H and O–H groups in total. The number of hydrogen-bond acceptors (Lipinski definition) is 4. The maximum Gasteiger partial charge on any atom is 0.257 e. The minimum Gasteiger partial charge on any atom is -0.488 e. The summed E-state index contributed by atoms with van der Waals surface area (Å²) in [6.45, 7) is 0.906. The lowest BCUT2D eigenvalue weighted by Gasteiger charge is -2.32. The Hall–Kier alpha value is -2.87. The van der Waals surface area contributed by atoms with Gasteiger partial charge in [-0.15, -0.1) is 0 Å². The second-order valence-electron chi connectivity index (χ2n) is 6.29. The molecule has 3 heterocycles. The van der Waals surface area contributed by atoms with Crippen molar-refractivity contribution in [3.05, 3.63) is 54.2 Å². The fourth-order valence-electron chi connectivity index (χ4n) is 3.14. The van der Waals surface area contributed by atoms with Crippen LogP contribution in [0.5, 0.6) is 5.75 Å². The number of fused-ring (bicyclic) bond motifs is 1. The van der Waals surface area contributed by atoms with E-state index in [0.29, 0.717) is 30.9 Å². The number of carbonyl (C=O) groups is 1. The quantitative estimate of drug-likeness (QED) is 0.772. The molecule has 4 rings (SSSR count). The minimum absolute atomic E-state index is 0.231. The summed E-state index contributed by atoms with van der Waals surface area (Å²) in [5.41, 5.74) is 1.21. The molecule has 1 aliphatic heterocycles. The highest BCUT2D eigenvalue weighted by Gasteiger charge is 2.30. The molecule has 7 nitrogen and oxygen atoms in total. The molecule has 0 unspecified atom stereocenters. The van der Waals surface area contributed by atoms with E-state index < -0.39 is 0 Å². The van der Waals surface area contributed by atoms with Gasteiger partial charge in [0.2, 0.25) is 0 Å². The SMILES string of the molecule is Cn1ccn2ncc(C(=O)N[C@@H]3COCC[C@@H]3Oc3ccc(F)cc3)c12. The molecule has 1 aliphatic rings. The Morgan fingerprint density at radius 2 is 2.15 bits per heavy atom. The van der Waals surface area contributed by atoms with E-state index in [1.807, 2.05) is 17.8 Å². The lowest BCUT2D eigenvalue weighted by Crippen LogP contribution is -2.51. The monoisotopic (exact) mass is 358 g/mol. The Balaban J connectivity index is 1.50. The van der Waals surface area contributed by atoms with Crippen LogP contribution in [0.25, 0.3) is 5.65 Å². The maximum atomic E-state index is 13.1. The molecule has 2 atom stereocenters. The van der Waals surface area contributed by atoms with Crippen LogP contribution in [0, 0.1) is 5.82 Å². The highest BCUT2D eigenvalue weighted by Crippen LogP contribution is 2.19. The summed E-state index contributed by atoms with van der Waals surface area (Å²) in [5, 5.41) is 7.17. The standard InChI is InChI=1S/C18H19FN4O3/c1-22-7-8-23-18(22)14(10-20-23)17(24)21-15-11-25-9-6-16(15)26-13-4-2-12(19)3-5-13/h2-5,7-8,10,15-16H,6,9,11H2,1H3,(H,21,24)/t15-,16+/m1/s1. The molecule has 8 heteroatoms. The normalized spacial score (nSPS) is 20.2. The lowest BCUT2D eigenvalue weighted by atomic mass is 10.1. The van der Waals surface area contributed by atoms with E-state index in [4.69, 9.17) is 9.47 Å². The molecular formula is C18H19FN4O3. The van der Waals surface area contributed by atoms with Crippen LogP contribution in [0.1, 0.15) is 16.8 Å². The third kappa shape index (κ3) is 3.15. The lowest BCUT2D eigenvalue weighted by molar-refractivity contribution is -0.00289. The molecule has 136 valence electrons. The molecule has 0 spiro atoms. The maximum absolute atomic E-state index is 13.1. The number of aryl methyl sites for hydroxylation is 1. The van der Waals surface area contributed by atoms with Crippen molar-refractivity contribution in [3.63, 3.8) is 0 Å². The minimum atomic E-state index is -0.318. The summed E-state index contributed by atoms with van der Waals surface area (Å²) in [5.74, 6) is 0.0138. The van der Waals surface area contributed by atoms with Crippen molar-refractivity contribution in [2.45, 2.75) is 18.6 Å². The van der Waals surface area contributed by atoms with Crippen molar-refractivity contribution in [2.24, 2.45) is 7.05 Å². The molecule has 1 saturated heterocycles. The highest BCUT2D eigenvalue weighted by molar-refractivity contribution is 6.00. The molecule has 1 amide bonds. The van der Waals surface area contributed by atoms with Crippen LogP contribution in [0.2, 0.25) is 0 Å². The van der Waals surface area contributed by atoms with Crippen LogP contribution in [0.3, 0.4) is 0 Å². The number of benzene rings is 1. The average molecular weight is 358 g/mol. The fraction of sp³-hybridized carbons (Fsp3) is 0.333. The number of nitrogens with one attached hydrogen (secondary N) is 1. The average Bonchev–Trinajstić information content (AvgIpc) is 3.22. The number of aromatic nitrogens is 3. The Morgan fingerprint density at radius 3 is 2.96 bits per heavy atom. The van der Waals surface area contributed by atoms with Gasteiger partial charge in [-0.1, -0.05) is 0 Å². The van der Waals surface area contributed by atoms with Crippen LogP contribution in [-0.4, -0.2) is 45.4 Å². The van der Waals surface area contributed by atoms with Crippen LogP contribution in [-0.2, 0) is 11.8 Å². The summed E-state index contributed by atoms with van der Waals surface area (Å²) in [6, 6.07) is 5.54. The van der Waals surface area contributed by atoms with Crippen LogP contribution in [0.4, 0.5) is 4.39 Å². The topological polar surface area (TPSA) is 69.8 Å². The molecule has 0 saturated carbocycles. The molecule has 1 fully saturated rings. The number of nitrogens with zero attached hydrogens (tertiary/aromatic N) is 3. The van der Waals surface area contributed by atoms with Gasteiger partial charge in [0, 0.05) is 25.9 Å². The molecule has 0 radical (unpaired) electrons. The zero-order valence-corrected chi connectivity index (χ0v) is 14.3. The van der Waals surface area contributed by atoms with Crippen LogP contribution >= 0.6 is 0 Å². The smallest absolute Gasteiger partial charge is 0.257 e. The van der Waals surface area contributed by atoms with Crippen molar-refractivity contribution in [1.29, 1.82) is 0 Å². The third-order valence-corrected chi connectivity index (χ3v) is 4.49. The third-order valence-electron chi connectivity index (χ3n) is 4.49. The van der Waals surface area contributed by atoms with Crippen LogP contribution < -0.4 is 10.1 Å². The number of amides is 1. The number of halogens is 1. The predicted octanol–water partition coefficient (Wildman–Crippen LogP) is 1.78. The highest BCUT2D eigenvalue weighted by atomic mass is 19.1. The van der Waals surface area contributed by atoms with E-state index in [2.05, 4.69) is 10.4 Å². The Bertz CT molecular complexity index is 918. The Kier molecular flexibility index (Phi) is 4.34. The first-order valence-corrected chi connectivity index (χ1v) is 8.41. The van der Waals surface area contributed by atoms with Crippen LogP contribution in [0.15, 0.2) is 42.9 Å². The number of rotatable bonds is 4. The van der Waals surface area contributed by atoms with Gasteiger partial charge in [0.25, 0.3) is 5.91 Å². The second kappa shape index (κ2) is 6.80. The van der Waals surface area contributed by atoms with Gasteiger partial charge in [0.05, 0.1) is 25.5 Å². The first kappa shape index (κ1) is 16.6. The van der Waals surface area contributed by atoms with Gasteiger partial charge in [-0.05, 0) is 24.3 Å². The summed E-state index contributed by atoms with van der Waals surface area (Å²) in [6.07, 6.45) is 5.55. The van der Waals surface area contributed by atoms with E-state index in [9.17, 15) is 9.18 Å². The van der Waals surface area contributed by atoms with E-state index in [1.165, 1.54) is 12.1 Å². The molecular weight excluding hydrogens is 339 g/mol. The summed E-state index contributed by atoms with van der Waals surface area (Å²) in [4.78, 5) is 12.7. The number of carbonyl (C=O) groups excluding carboxylic acids is 1. The Morgan fingerprint density at radius 1 is 1.35 bits per heavy atom. The molecule has 3 aromatic rings. The Labute approximate surface area is 149 Å². The summed E-state index contributed by atoms with van der Waals surface area (Å²) >= 11 is 0. The largest absolute Gasteiger partial charge is 0.488 e. The fourth-order valence-corrected chi connectivity index (χ4v) is 3.14. The zero-order chi connectivity index (χ0) is 18.1. The van der Waals surface area contributed by atoms with Crippen molar-refractivity contribution in [2.75, 3.05) is 13.2 Å². The number of hydrogen-bond donors (Lipinski definition) is 1. The molecule has 0 aliphatic carbocycles. The van der Waals surface area contributed by atoms with Gasteiger partial charge in [-0.3, -0.25) is 4.79 Å². The summed E-state index contributed by atoms with van der Waals surface area (Å²) < 4.78 is 28.0. The van der Waals surface area contributed by atoms with E-state index in [1.54, 1.807) is 29.0 Å². The van der Waals surface area contributed by atoms with Gasteiger partial charge in [0.1, 0.15) is 28.9 Å². The summed E-state index contributed by atoms with van der Waals surface area (Å²) in [7, 11) is 1.86. The molecule has 26 heavy (non-hydrogen) atoms. The van der Waals surface area contributed by atoms with E-state index in [0.717, 1.165) is 5.65 Å². The van der Waals surface area contributed by atoms with Gasteiger partial charge < -0.3 is 19.4 Å². The number of ether oxygens (including phenoxy) is 2. The molecule has 0 bridgehead atoms. The first-order valence-electron chi connectivity index (χ1n) is 8.41. The van der Waals surface area contributed by atoms with Crippen molar-refractivity contribution >= 4 is 11.6 Å². The molecule has 2 aromatic heterocycles. The van der Waals surface area contributed by atoms with Crippen molar-refractivity contribution < 1.29 is 18.7 Å². The van der Waals surface area contributed by atoms with Gasteiger partial charge in [-0.2, -0.15) is 5.10 Å². The molecule has 1 aromatic carbocycles. The zero-order valence-electron chi connectivity index (χ0n) is 14.3. The first-order chi connectivity index (χ1) is 12.6. The van der Waals surface area contributed by atoms with E-state index in [-0.39, 0.29) is 23.9 Å². The van der Waals surface area contributed by atoms with Gasteiger partial charge in [-0.25, -0.2) is 8.91 Å². The second-order valence-corrected chi connectivity index (χ2v) is 6.29. The van der Waals surface area contributed by atoms with Gasteiger partial charge >= 0.3 is 0 Å². The number of imidazole rings is 1.